The van der Waals surface area contributed by atoms with Gasteiger partial charge < -0.3 is 14.1 Å². The molecule has 0 aliphatic heterocycles. The first-order valence-electron chi connectivity index (χ1n) is 8.27. The number of nitrogens with zero attached hydrogens (tertiary/aromatic N) is 3. The third kappa shape index (κ3) is 3.56. The van der Waals surface area contributed by atoms with Crippen LogP contribution < -0.4 is 10.3 Å². The van der Waals surface area contributed by atoms with Crippen molar-refractivity contribution in [1.82, 2.24) is 20.2 Å². The zero-order chi connectivity index (χ0) is 18.8. The Labute approximate surface area is 158 Å². The fourth-order valence-electron chi connectivity index (χ4n) is 2.61. The first-order valence-corrected chi connectivity index (χ1v) is 9.15. The van der Waals surface area contributed by atoms with Crippen molar-refractivity contribution in [2.75, 3.05) is 7.11 Å². The molecule has 0 bridgehead atoms. The summed E-state index contributed by atoms with van der Waals surface area (Å²) in [6, 6.07) is 14.6. The Balaban J connectivity index is 1.55. The van der Waals surface area contributed by atoms with Crippen molar-refractivity contribution in [2.24, 2.45) is 0 Å². The maximum atomic E-state index is 12.2. The predicted molar refractivity (Wildman–Crippen MR) is 103 cm³/mol. The molecule has 0 radical (unpaired) electrons. The van der Waals surface area contributed by atoms with Crippen LogP contribution in [0.5, 0.6) is 5.75 Å². The Morgan fingerprint density at radius 2 is 1.89 bits per heavy atom. The predicted octanol–water partition coefficient (Wildman–Crippen LogP) is 3.84. The van der Waals surface area contributed by atoms with Gasteiger partial charge in [-0.2, -0.15) is 0 Å². The van der Waals surface area contributed by atoms with Crippen molar-refractivity contribution < 1.29 is 9.15 Å². The number of rotatable bonds is 5. The Kier molecular flexibility index (Phi) is 4.64. The Bertz CT molecular complexity index is 1140. The molecule has 8 heteroatoms. The number of hydrogen-bond donors (Lipinski definition) is 1. The van der Waals surface area contributed by atoms with Gasteiger partial charge in [0, 0.05) is 5.56 Å². The van der Waals surface area contributed by atoms with Crippen LogP contribution in [-0.4, -0.2) is 27.3 Å². The minimum atomic E-state index is -0.161. The second-order valence-electron chi connectivity index (χ2n) is 5.83. The third-order valence-corrected chi connectivity index (χ3v) is 4.98. The van der Waals surface area contributed by atoms with Gasteiger partial charge in [0.2, 0.25) is 5.89 Å². The van der Waals surface area contributed by atoms with Crippen molar-refractivity contribution in [3.8, 4) is 17.2 Å². The second-order valence-corrected chi connectivity index (χ2v) is 7.12. The number of benzene rings is 2. The van der Waals surface area contributed by atoms with Crippen molar-refractivity contribution in [3.05, 3.63) is 64.7 Å². The van der Waals surface area contributed by atoms with Gasteiger partial charge in [-0.05, 0) is 43.3 Å². The zero-order valence-corrected chi connectivity index (χ0v) is 15.5. The topological polar surface area (TPSA) is 93.9 Å². The Morgan fingerprint density at radius 1 is 1.11 bits per heavy atom. The van der Waals surface area contributed by atoms with Crippen LogP contribution in [0.4, 0.5) is 0 Å². The van der Waals surface area contributed by atoms with Crippen molar-refractivity contribution in [2.45, 2.75) is 17.4 Å². The quantitative estimate of drug-likeness (QED) is 0.526. The molecule has 136 valence electrons. The molecule has 0 aliphatic carbocycles. The fraction of sp³-hybridized carbons (Fsp3) is 0.158. The molecule has 1 unspecified atom stereocenters. The number of aromatic amines is 1. The van der Waals surface area contributed by atoms with Gasteiger partial charge in [-0.15, -0.1) is 10.2 Å². The van der Waals surface area contributed by atoms with Gasteiger partial charge in [0.05, 0.1) is 23.3 Å². The van der Waals surface area contributed by atoms with Crippen LogP contribution in [0.25, 0.3) is 22.4 Å². The molecular weight excluding hydrogens is 364 g/mol. The fourth-order valence-corrected chi connectivity index (χ4v) is 3.35. The third-order valence-electron chi connectivity index (χ3n) is 4.04. The minimum absolute atomic E-state index is 0.160. The highest BCUT2D eigenvalue weighted by atomic mass is 32.2. The number of nitrogens with one attached hydrogen (secondary N) is 1. The molecule has 7 nitrogen and oxygen atoms in total. The average Bonchev–Trinajstić information content (AvgIpc) is 3.16. The van der Waals surface area contributed by atoms with Crippen LogP contribution in [0.1, 0.15) is 18.0 Å². The maximum absolute atomic E-state index is 12.2. The van der Waals surface area contributed by atoms with E-state index >= 15 is 0 Å². The molecule has 0 aliphatic rings. The van der Waals surface area contributed by atoms with E-state index in [1.807, 2.05) is 49.4 Å². The summed E-state index contributed by atoms with van der Waals surface area (Å²) in [5.41, 5.74) is 1.31. The number of hydrogen-bond acceptors (Lipinski definition) is 7. The van der Waals surface area contributed by atoms with Gasteiger partial charge in [-0.1, -0.05) is 23.9 Å². The molecular formula is C19H16N4O3S. The SMILES string of the molecule is COc1ccc(-c2nnc(SC(C)c3nc4ccccc4c(=O)[nH]3)o2)cc1. The molecule has 27 heavy (non-hydrogen) atoms. The van der Waals surface area contributed by atoms with Crippen LogP contribution in [0.3, 0.4) is 0 Å². The lowest BCUT2D eigenvalue weighted by Gasteiger charge is -2.08. The largest absolute Gasteiger partial charge is 0.497 e. The number of H-pyrrole nitrogens is 1. The minimum Gasteiger partial charge on any atom is -0.497 e. The molecule has 0 amide bonds. The molecule has 4 rings (SSSR count). The maximum Gasteiger partial charge on any atom is 0.277 e. The number of methoxy groups -OCH3 is 1. The first kappa shape index (κ1) is 17.3. The van der Waals surface area contributed by atoms with Crippen molar-refractivity contribution >= 4 is 22.7 Å². The zero-order valence-electron chi connectivity index (χ0n) is 14.7. The van der Waals surface area contributed by atoms with E-state index in [1.54, 1.807) is 13.2 Å². The van der Waals surface area contributed by atoms with Crippen LogP contribution >= 0.6 is 11.8 Å². The van der Waals surface area contributed by atoms with Crippen LogP contribution in [0, 0.1) is 0 Å². The van der Waals surface area contributed by atoms with Crippen LogP contribution in [0.15, 0.2) is 63.0 Å². The van der Waals surface area contributed by atoms with E-state index in [4.69, 9.17) is 9.15 Å². The normalized spacial score (nSPS) is 12.2. The molecule has 1 N–H and O–H groups in total. The summed E-state index contributed by atoms with van der Waals surface area (Å²) >= 11 is 1.34. The molecule has 2 heterocycles. The summed E-state index contributed by atoms with van der Waals surface area (Å²) in [5.74, 6) is 1.74. The molecule has 0 saturated carbocycles. The van der Waals surface area contributed by atoms with Gasteiger partial charge in [0.1, 0.15) is 11.6 Å². The van der Waals surface area contributed by atoms with E-state index in [0.29, 0.717) is 27.8 Å². The number of thioether (sulfide) groups is 1. The van der Waals surface area contributed by atoms with E-state index in [0.717, 1.165) is 11.3 Å². The van der Waals surface area contributed by atoms with Gasteiger partial charge in [-0.3, -0.25) is 4.79 Å². The standard InChI is InChI=1S/C19H16N4O3S/c1-11(16-20-15-6-4-3-5-14(15)17(24)21-16)27-19-23-22-18(26-19)12-7-9-13(25-2)10-8-12/h3-11H,1-2H3,(H,20,21,24). The van der Waals surface area contributed by atoms with E-state index < -0.39 is 0 Å². The second kappa shape index (κ2) is 7.24. The summed E-state index contributed by atoms with van der Waals surface area (Å²) in [5, 5.41) is 8.98. The van der Waals surface area contributed by atoms with Gasteiger partial charge in [0.15, 0.2) is 0 Å². The molecule has 2 aromatic heterocycles. The molecule has 0 saturated heterocycles. The Morgan fingerprint density at radius 3 is 2.67 bits per heavy atom. The lowest BCUT2D eigenvalue weighted by atomic mass is 10.2. The molecule has 0 fully saturated rings. The number of para-hydroxylation sites is 1. The lowest BCUT2D eigenvalue weighted by molar-refractivity contribution is 0.414. The molecule has 4 aromatic rings. The summed E-state index contributed by atoms with van der Waals surface area (Å²) in [6.07, 6.45) is 0. The molecule has 1 atom stereocenters. The molecule has 2 aromatic carbocycles. The number of ether oxygens (including phenoxy) is 1. The average molecular weight is 380 g/mol. The van der Waals surface area contributed by atoms with Gasteiger partial charge in [-0.25, -0.2) is 4.98 Å². The molecule has 0 spiro atoms. The highest BCUT2D eigenvalue weighted by Crippen LogP contribution is 2.33. The number of fused-ring (bicyclic) bond motifs is 1. The van der Waals surface area contributed by atoms with Crippen LogP contribution in [0.2, 0.25) is 0 Å². The monoisotopic (exact) mass is 380 g/mol. The van der Waals surface area contributed by atoms with E-state index in [-0.39, 0.29) is 10.8 Å². The van der Waals surface area contributed by atoms with Gasteiger partial charge >= 0.3 is 0 Å². The summed E-state index contributed by atoms with van der Waals surface area (Å²) in [4.78, 5) is 19.6. The summed E-state index contributed by atoms with van der Waals surface area (Å²) in [7, 11) is 1.61. The van der Waals surface area contributed by atoms with Crippen molar-refractivity contribution in [1.29, 1.82) is 0 Å². The smallest absolute Gasteiger partial charge is 0.277 e. The van der Waals surface area contributed by atoms with E-state index in [1.165, 1.54) is 11.8 Å². The highest BCUT2D eigenvalue weighted by Gasteiger charge is 2.17. The Hall–Kier alpha value is -3.13. The van der Waals surface area contributed by atoms with E-state index in [9.17, 15) is 4.79 Å². The first-order chi connectivity index (χ1) is 13.1. The van der Waals surface area contributed by atoms with E-state index in [2.05, 4.69) is 20.2 Å². The summed E-state index contributed by atoms with van der Waals surface area (Å²) < 4.78 is 10.9. The van der Waals surface area contributed by atoms with Gasteiger partial charge in [0.25, 0.3) is 10.8 Å². The van der Waals surface area contributed by atoms with Crippen LogP contribution in [-0.2, 0) is 0 Å². The highest BCUT2D eigenvalue weighted by molar-refractivity contribution is 7.99. The summed E-state index contributed by atoms with van der Waals surface area (Å²) in [6.45, 7) is 1.93. The van der Waals surface area contributed by atoms with Crippen molar-refractivity contribution in [3.63, 3.8) is 0 Å². The lowest BCUT2D eigenvalue weighted by Crippen LogP contribution is -2.12. The number of aromatic nitrogens is 4.